The monoisotopic (exact) mass is 371 g/mol. The molecule has 1 aromatic heterocycles. The molecule has 3 rings (SSSR count). The van der Waals surface area contributed by atoms with Gasteiger partial charge in [0.25, 0.3) is 5.91 Å². The molecular weight excluding hydrogens is 357 g/mol. The number of rotatable bonds is 5. The molecule has 0 atom stereocenters. The highest BCUT2D eigenvalue weighted by Gasteiger charge is 2.10. The van der Waals surface area contributed by atoms with Crippen LogP contribution in [0.15, 0.2) is 60.8 Å². The number of carbonyl (C=O) groups excluding carboxylic acids is 1. The fourth-order valence-electron chi connectivity index (χ4n) is 2.29. The molecule has 0 aliphatic rings. The number of para-hydroxylation sites is 1. The fraction of sp³-hybridized carbons (Fsp3) is 0.0526. The molecule has 0 bridgehead atoms. The minimum atomic E-state index is -0.499. The van der Waals surface area contributed by atoms with Crippen molar-refractivity contribution >= 4 is 34.7 Å². The Hall–Kier alpha value is -3.12. The van der Waals surface area contributed by atoms with Gasteiger partial charge in [-0.15, -0.1) is 0 Å². The van der Waals surface area contributed by atoms with E-state index in [0.29, 0.717) is 27.8 Å². The van der Waals surface area contributed by atoms with Gasteiger partial charge in [0.15, 0.2) is 0 Å². The summed E-state index contributed by atoms with van der Waals surface area (Å²) in [4.78, 5) is 16.5. The van der Waals surface area contributed by atoms with Gasteiger partial charge in [0.05, 0.1) is 17.8 Å². The maximum atomic E-state index is 13.7. The van der Waals surface area contributed by atoms with E-state index in [0.717, 1.165) is 0 Å². The first-order chi connectivity index (χ1) is 12.6. The van der Waals surface area contributed by atoms with Crippen molar-refractivity contribution in [3.8, 4) is 5.75 Å². The van der Waals surface area contributed by atoms with Crippen LogP contribution in [-0.4, -0.2) is 18.0 Å². The first-order valence-electron chi connectivity index (χ1n) is 7.69. The van der Waals surface area contributed by atoms with E-state index in [1.807, 2.05) is 0 Å². The third-order valence-electron chi connectivity index (χ3n) is 3.57. The standard InChI is InChI=1S/C19H15ClFN3O2/c1-26-17-7-6-13(11-14(17)20)23-18-10-12(8-9-22-18)19(25)24-16-5-3-2-4-15(16)21/h2-11H,1H3,(H,22,23)(H,24,25). The molecule has 1 heterocycles. The zero-order valence-electron chi connectivity index (χ0n) is 13.8. The Morgan fingerprint density at radius 3 is 2.69 bits per heavy atom. The summed E-state index contributed by atoms with van der Waals surface area (Å²) in [6.07, 6.45) is 1.49. The number of amides is 1. The van der Waals surface area contributed by atoms with Crippen LogP contribution in [0.3, 0.4) is 0 Å². The molecule has 0 spiro atoms. The van der Waals surface area contributed by atoms with Crippen molar-refractivity contribution in [1.29, 1.82) is 0 Å². The summed E-state index contributed by atoms with van der Waals surface area (Å²) in [5.41, 5.74) is 1.14. The van der Waals surface area contributed by atoms with Gasteiger partial charge in [-0.3, -0.25) is 4.79 Å². The maximum Gasteiger partial charge on any atom is 0.255 e. The predicted molar refractivity (Wildman–Crippen MR) is 99.9 cm³/mol. The van der Waals surface area contributed by atoms with Crippen LogP contribution in [0.2, 0.25) is 5.02 Å². The van der Waals surface area contributed by atoms with E-state index in [-0.39, 0.29) is 5.69 Å². The van der Waals surface area contributed by atoms with Gasteiger partial charge in [-0.25, -0.2) is 9.37 Å². The molecule has 1 amide bonds. The molecule has 2 N–H and O–H groups in total. The summed E-state index contributed by atoms with van der Waals surface area (Å²) in [5, 5.41) is 6.05. The number of methoxy groups -OCH3 is 1. The number of ether oxygens (including phenoxy) is 1. The quantitative estimate of drug-likeness (QED) is 0.671. The summed E-state index contributed by atoms with van der Waals surface area (Å²) in [7, 11) is 1.54. The van der Waals surface area contributed by atoms with Crippen LogP contribution in [0.5, 0.6) is 5.75 Å². The van der Waals surface area contributed by atoms with Crippen LogP contribution >= 0.6 is 11.6 Å². The molecule has 0 saturated heterocycles. The Morgan fingerprint density at radius 1 is 1.15 bits per heavy atom. The van der Waals surface area contributed by atoms with Crippen molar-refractivity contribution in [3.05, 3.63) is 77.2 Å². The Balaban J connectivity index is 1.76. The average molecular weight is 372 g/mol. The van der Waals surface area contributed by atoms with Gasteiger partial charge >= 0.3 is 0 Å². The van der Waals surface area contributed by atoms with Crippen LogP contribution < -0.4 is 15.4 Å². The number of nitrogens with zero attached hydrogens (tertiary/aromatic N) is 1. The molecule has 5 nitrogen and oxygen atoms in total. The Labute approximate surface area is 154 Å². The lowest BCUT2D eigenvalue weighted by Crippen LogP contribution is -2.13. The molecule has 0 aliphatic heterocycles. The van der Waals surface area contributed by atoms with Crippen molar-refractivity contribution < 1.29 is 13.9 Å². The van der Waals surface area contributed by atoms with E-state index in [4.69, 9.17) is 16.3 Å². The minimum Gasteiger partial charge on any atom is -0.495 e. The summed E-state index contributed by atoms with van der Waals surface area (Å²) >= 11 is 6.10. The van der Waals surface area contributed by atoms with Crippen molar-refractivity contribution in [2.45, 2.75) is 0 Å². The van der Waals surface area contributed by atoms with Crippen LogP contribution in [0.25, 0.3) is 0 Å². The number of aromatic nitrogens is 1. The Kier molecular flexibility index (Phi) is 5.34. The van der Waals surface area contributed by atoms with Crippen LogP contribution in [0.4, 0.5) is 21.6 Å². The largest absolute Gasteiger partial charge is 0.495 e. The van der Waals surface area contributed by atoms with E-state index >= 15 is 0 Å². The summed E-state index contributed by atoms with van der Waals surface area (Å²) < 4.78 is 18.8. The molecule has 132 valence electrons. The first kappa shape index (κ1) is 17.7. The van der Waals surface area contributed by atoms with Crippen molar-refractivity contribution in [2.24, 2.45) is 0 Å². The Bertz CT molecular complexity index is 950. The average Bonchev–Trinajstić information content (AvgIpc) is 2.64. The van der Waals surface area contributed by atoms with E-state index in [2.05, 4.69) is 15.6 Å². The summed E-state index contributed by atoms with van der Waals surface area (Å²) in [5.74, 6) is 0.0741. The predicted octanol–water partition coefficient (Wildman–Crippen LogP) is 4.88. The molecule has 0 radical (unpaired) electrons. The van der Waals surface area contributed by atoms with Gasteiger partial charge in [-0.05, 0) is 42.5 Å². The molecule has 0 aliphatic carbocycles. The van der Waals surface area contributed by atoms with Gasteiger partial charge in [-0.2, -0.15) is 0 Å². The molecular formula is C19H15ClFN3O2. The second kappa shape index (κ2) is 7.84. The van der Waals surface area contributed by atoms with Crippen molar-refractivity contribution in [1.82, 2.24) is 4.98 Å². The molecule has 0 saturated carbocycles. The smallest absolute Gasteiger partial charge is 0.255 e. The van der Waals surface area contributed by atoms with Gasteiger partial charge in [0.1, 0.15) is 17.4 Å². The molecule has 7 heteroatoms. The molecule has 2 aromatic carbocycles. The van der Waals surface area contributed by atoms with Crippen molar-refractivity contribution in [3.63, 3.8) is 0 Å². The fourth-order valence-corrected chi connectivity index (χ4v) is 2.55. The number of hydrogen-bond donors (Lipinski definition) is 2. The zero-order valence-corrected chi connectivity index (χ0v) is 14.5. The third-order valence-corrected chi connectivity index (χ3v) is 3.86. The SMILES string of the molecule is COc1ccc(Nc2cc(C(=O)Nc3ccccc3F)ccn2)cc1Cl. The molecule has 0 fully saturated rings. The van der Waals surface area contributed by atoms with Gasteiger partial charge in [-0.1, -0.05) is 23.7 Å². The topological polar surface area (TPSA) is 63.2 Å². The number of pyridine rings is 1. The second-order valence-corrected chi connectivity index (χ2v) is 5.75. The number of hydrogen-bond acceptors (Lipinski definition) is 4. The van der Waals surface area contributed by atoms with E-state index in [9.17, 15) is 9.18 Å². The minimum absolute atomic E-state index is 0.116. The van der Waals surface area contributed by atoms with Crippen LogP contribution in [0.1, 0.15) is 10.4 Å². The van der Waals surface area contributed by atoms with E-state index in [1.54, 1.807) is 42.5 Å². The third kappa shape index (κ3) is 4.10. The lowest BCUT2D eigenvalue weighted by molar-refractivity contribution is 0.102. The van der Waals surface area contributed by atoms with Crippen LogP contribution in [0, 0.1) is 5.82 Å². The molecule has 26 heavy (non-hydrogen) atoms. The summed E-state index contributed by atoms with van der Waals surface area (Å²) in [6, 6.07) is 14.3. The normalized spacial score (nSPS) is 10.3. The van der Waals surface area contributed by atoms with Gasteiger partial charge in [0.2, 0.25) is 0 Å². The molecule has 3 aromatic rings. The number of carbonyl (C=O) groups is 1. The number of nitrogens with one attached hydrogen (secondary N) is 2. The van der Waals surface area contributed by atoms with Crippen molar-refractivity contribution in [2.75, 3.05) is 17.7 Å². The first-order valence-corrected chi connectivity index (χ1v) is 8.07. The maximum absolute atomic E-state index is 13.7. The van der Waals surface area contributed by atoms with E-state index < -0.39 is 11.7 Å². The van der Waals surface area contributed by atoms with Gasteiger partial charge in [0, 0.05) is 17.4 Å². The zero-order chi connectivity index (χ0) is 18.5. The van der Waals surface area contributed by atoms with Gasteiger partial charge < -0.3 is 15.4 Å². The highest BCUT2D eigenvalue weighted by molar-refractivity contribution is 6.32. The second-order valence-electron chi connectivity index (χ2n) is 5.34. The molecule has 0 unspecified atom stereocenters. The highest BCUT2D eigenvalue weighted by Crippen LogP contribution is 2.28. The van der Waals surface area contributed by atoms with Crippen LogP contribution in [-0.2, 0) is 0 Å². The summed E-state index contributed by atoms with van der Waals surface area (Å²) in [6.45, 7) is 0. The highest BCUT2D eigenvalue weighted by atomic mass is 35.5. The lowest BCUT2D eigenvalue weighted by Gasteiger charge is -2.10. The number of halogens is 2. The lowest BCUT2D eigenvalue weighted by atomic mass is 10.2. The number of benzene rings is 2. The number of anilines is 3. The Morgan fingerprint density at radius 2 is 1.96 bits per heavy atom. The van der Waals surface area contributed by atoms with E-state index in [1.165, 1.54) is 25.4 Å².